The van der Waals surface area contributed by atoms with Gasteiger partial charge < -0.3 is 14.2 Å². The number of fused-ring (bicyclic) bond motifs is 1. The first-order valence-corrected chi connectivity index (χ1v) is 12.2. The Kier molecular flexibility index (Phi) is 7.96. The van der Waals surface area contributed by atoms with Crippen LogP contribution in [0.3, 0.4) is 0 Å². The average Bonchev–Trinajstić information content (AvgIpc) is 3.31. The Hall–Kier alpha value is -3.89. The molecule has 1 amide bonds. The number of hydrogen-bond acceptors (Lipinski definition) is 9. The van der Waals surface area contributed by atoms with Crippen LogP contribution in [-0.4, -0.2) is 43.0 Å². The number of rotatable bonds is 9. The number of hydrazone groups is 1. The third kappa shape index (κ3) is 6.17. The standard InChI is InChI=1S/C25H21N3O5S2/c1-31-19-9-5-3-7-17(19)24(30)33-20-12-11-16(13-21(20)32-2)14-26-28-23(29)15-34-25-27-18-8-4-6-10-22(18)35-25/h3-14H,15H2,1-2H3,(H,28,29)/b26-14+. The van der Waals surface area contributed by atoms with Gasteiger partial charge in [0.15, 0.2) is 15.8 Å². The van der Waals surface area contributed by atoms with Crippen molar-refractivity contribution in [3.8, 4) is 17.2 Å². The molecule has 0 fully saturated rings. The van der Waals surface area contributed by atoms with Crippen LogP contribution in [0.2, 0.25) is 0 Å². The molecule has 0 aliphatic heterocycles. The summed E-state index contributed by atoms with van der Waals surface area (Å²) in [6.07, 6.45) is 1.48. The Bertz CT molecular complexity index is 1350. The van der Waals surface area contributed by atoms with Crippen LogP contribution in [-0.2, 0) is 4.79 Å². The first kappa shape index (κ1) is 24.2. The molecular weight excluding hydrogens is 486 g/mol. The highest BCUT2D eigenvalue weighted by Crippen LogP contribution is 2.30. The van der Waals surface area contributed by atoms with Crippen LogP contribution in [0.4, 0.5) is 0 Å². The lowest BCUT2D eigenvalue weighted by Gasteiger charge is -2.11. The molecule has 3 aromatic carbocycles. The van der Waals surface area contributed by atoms with Gasteiger partial charge in [-0.1, -0.05) is 36.0 Å². The summed E-state index contributed by atoms with van der Waals surface area (Å²) in [6.45, 7) is 0. The second kappa shape index (κ2) is 11.5. The van der Waals surface area contributed by atoms with E-state index in [1.165, 1.54) is 32.2 Å². The number of amides is 1. The zero-order valence-electron chi connectivity index (χ0n) is 18.9. The van der Waals surface area contributed by atoms with E-state index < -0.39 is 5.97 Å². The predicted molar refractivity (Wildman–Crippen MR) is 137 cm³/mol. The lowest BCUT2D eigenvalue weighted by Crippen LogP contribution is -2.19. The third-order valence-corrected chi connectivity index (χ3v) is 6.90. The fraction of sp³-hybridized carbons (Fsp3) is 0.120. The molecule has 1 N–H and O–H groups in total. The highest BCUT2D eigenvalue weighted by Gasteiger charge is 2.16. The lowest BCUT2D eigenvalue weighted by molar-refractivity contribution is -0.118. The number of carbonyl (C=O) groups excluding carboxylic acids is 2. The van der Waals surface area contributed by atoms with Crippen LogP contribution in [0.15, 0.2) is 76.2 Å². The number of ether oxygens (including phenoxy) is 3. The summed E-state index contributed by atoms with van der Waals surface area (Å²) in [6, 6.07) is 19.6. The van der Waals surface area contributed by atoms with Crippen LogP contribution in [0.1, 0.15) is 15.9 Å². The molecule has 0 bridgehead atoms. The van der Waals surface area contributed by atoms with Crippen molar-refractivity contribution in [1.82, 2.24) is 10.4 Å². The van der Waals surface area contributed by atoms with Crippen LogP contribution >= 0.6 is 23.1 Å². The minimum atomic E-state index is -0.569. The summed E-state index contributed by atoms with van der Waals surface area (Å²) in [5.41, 5.74) is 4.37. The fourth-order valence-corrected chi connectivity index (χ4v) is 4.93. The van der Waals surface area contributed by atoms with Crippen molar-refractivity contribution in [2.75, 3.05) is 20.0 Å². The molecular formula is C25H21N3O5S2. The number of thioether (sulfide) groups is 1. The quantitative estimate of drug-likeness (QED) is 0.114. The van der Waals surface area contributed by atoms with Gasteiger partial charge in [-0.25, -0.2) is 15.2 Å². The molecule has 35 heavy (non-hydrogen) atoms. The number of aromatic nitrogens is 1. The molecule has 0 spiro atoms. The first-order valence-electron chi connectivity index (χ1n) is 10.4. The van der Waals surface area contributed by atoms with Gasteiger partial charge in [0.05, 0.1) is 36.4 Å². The Balaban J connectivity index is 1.33. The van der Waals surface area contributed by atoms with E-state index in [0.29, 0.717) is 22.6 Å². The molecule has 0 saturated carbocycles. The molecule has 4 rings (SSSR count). The molecule has 1 heterocycles. The SMILES string of the molecule is COc1cc(/C=N/NC(=O)CSc2nc3ccccc3s2)ccc1OC(=O)c1ccccc1OC. The number of nitrogens with zero attached hydrogens (tertiary/aromatic N) is 2. The third-order valence-electron chi connectivity index (χ3n) is 4.72. The van der Waals surface area contributed by atoms with E-state index in [9.17, 15) is 9.59 Å². The van der Waals surface area contributed by atoms with E-state index in [0.717, 1.165) is 14.6 Å². The van der Waals surface area contributed by atoms with Gasteiger partial charge in [0.25, 0.3) is 5.91 Å². The maximum absolute atomic E-state index is 12.6. The second-order valence-electron chi connectivity index (χ2n) is 7.03. The largest absolute Gasteiger partial charge is 0.496 e. The fourth-order valence-electron chi connectivity index (χ4n) is 3.07. The molecule has 0 radical (unpaired) electrons. The van der Waals surface area contributed by atoms with E-state index in [-0.39, 0.29) is 17.4 Å². The first-order chi connectivity index (χ1) is 17.1. The molecule has 0 unspecified atom stereocenters. The number of thiazole rings is 1. The van der Waals surface area contributed by atoms with Crippen molar-refractivity contribution in [2.45, 2.75) is 4.34 Å². The number of carbonyl (C=O) groups is 2. The number of esters is 1. The van der Waals surface area contributed by atoms with Gasteiger partial charge in [-0.05, 0) is 48.0 Å². The van der Waals surface area contributed by atoms with Crippen LogP contribution in [0.5, 0.6) is 17.2 Å². The molecule has 178 valence electrons. The van der Waals surface area contributed by atoms with Gasteiger partial charge in [-0.15, -0.1) is 11.3 Å². The number of methoxy groups -OCH3 is 2. The van der Waals surface area contributed by atoms with E-state index in [1.54, 1.807) is 53.8 Å². The number of benzene rings is 3. The topological polar surface area (TPSA) is 99.1 Å². The van der Waals surface area contributed by atoms with Crippen molar-refractivity contribution in [2.24, 2.45) is 5.10 Å². The number of hydrogen-bond donors (Lipinski definition) is 1. The van der Waals surface area contributed by atoms with Crippen molar-refractivity contribution in [3.63, 3.8) is 0 Å². The van der Waals surface area contributed by atoms with Crippen LogP contribution < -0.4 is 19.6 Å². The smallest absolute Gasteiger partial charge is 0.347 e. The molecule has 8 nitrogen and oxygen atoms in total. The maximum Gasteiger partial charge on any atom is 0.347 e. The summed E-state index contributed by atoms with van der Waals surface area (Å²) in [5, 5.41) is 4.00. The summed E-state index contributed by atoms with van der Waals surface area (Å²) in [5.74, 6) is 0.377. The summed E-state index contributed by atoms with van der Waals surface area (Å²) in [7, 11) is 2.96. The predicted octanol–water partition coefficient (Wildman–Crippen LogP) is 4.78. The highest BCUT2D eigenvalue weighted by atomic mass is 32.2. The van der Waals surface area contributed by atoms with Crippen molar-refractivity contribution >= 4 is 51.4 Å². The van der Waals surface area contributed by atoms with Gasteiger partial charge in [-0.2, -0.15) is 5.10 Å². The monoisotopic (exact) mass is 507 g/mol. The lowest BCUT2D eigenvalue weighted by atomic mass is 10.2. The molecule has 0 aliphatic rings. The summed E-state index contributed by atoms with van der Waals surface area (Å²) < 4.78 is 18.0. The Morgan fingerprint density at radius 2 is 1.77 bits per heavy atom. The number of nitrogens with one attached hydrogen (secondary N) is 1. The molecule has 0 atom stereocenters. The maximum atomic E-state index is 12.6. The van der Waals surface area contributed by atoms with Gasteiger partial charge in [0.1, 0.15) is 11.3 Å². The van der Waals surface area contributed by atoms with Gasteiger partial charge >= 0.3 is 5.97 Å². The molecule has 10 heteroatoms. The minimum Gasteiger partial charge on any atom is -0.496 e. The van der Waals surface area contributed by atoms with Crippen molar-refractivity contribution in [3.05, 3.63) is 77.9 Å². The molecule has 1 aromatic heterocycles. The molecule has 0 saturated heterocycles. The zero-order valence-corrected chi connectivity index (χ0v) is 20.5. The van der Waals surface area contributed by atoms with E-state index in [1.807, 2.05) is 24.3 Å². The van der Waals surface area contributed by atoms with E-state index >= 15 is 0 Å². The van der Waals surface area contributed by atoms with Crippen LogP contribution in [0, 0.1) is 0 Å². The number of para-hydroxylation sites is 2. The normalized spacial score (nSPS) is 10.9. The van der Waals surface area contributed by atoms with Gasteiger partial charge in [0, 0.05) is 0 Å². The van der Waals surface area contributed by atoms with Gasteiger partial charge in [-0.3, -0.25) is 4.79 Å². The summed E-state index contributed by atoms with van der Waals surface area (Å²) >= 11 is 2.91. The average molecular weight is 508 g/mol. The molecule has 0 aliphatic carbocycles. The minimum absolute atomic E-state index is 0.193. The van der Waals surface area contributed by atoms with E-state index in [4.69, 9.17) is 14.2 Å². The Morgan fingerprint density at radius 3 is 2.57 bits per heavy atom. The Morgan fingerprint density at radius 1 is 1.00 bits per heavy atom. The molecule has 4 aromatic rings. The van der Waals surface area contributed by atoms with Crippen molar-refractivity contribution < 1.29 is 23.8 Å². The summed E-state index contributed by atoms with van der Waals surface area (Å²) in [4.78, 5) is 29.2. The van der Waals surface area contributed by atoms with E-state index in [2.05, 4.69) is 15.5 Å². The van der Waals surface area contributed by atoms with Gasteiger partial charge in [0.2, 0.25) is 0 Å². The Labute approximate surface area is 209 Å². The zero-order chi connectivity index (χ0) is 24.6. The second-order valence-corrected chi connectivity index (χ2v) is 9.28. The van der Waals surface area contributed by atoms with Crippen LogP contribution in [0.25, 0.3) is 10.2 Å². The van der Waals surface area contributed by atoms with Crippen molar-refractivity contribution in [1.29, 1.82) is 0 Å². The highest BCUT2D eigenvalue weighted by molar-refractivity contribution is 8.01.